The molecule has 2 heterocycles. The predicted molar refractivity (Wildman–Crippen MR) is 74.6 cm³/mol. The van der Waals surface area contributed by atoms with Crippen LogP contribution in [-0.2, 0) is 11.2 Å². The Morgan fingerprint density at radius 3 is 3.00 bits per heavy atom. The average molecular weight is 281 g/mol. The Hall–Kier alpha value is -1.47. The fourth-order valence-electron chi connectivity index (χ4n) is 2.18. The number of piperidine rings is 1. The van der Waals surface area contributed by atoms with Crippen molar-refractivity contribution >= 4 is 5.91 Å². The Kier molecular flexibility index (Phi) is 5.94. The standard InChI is InChI=1S/C13H23N5O2/c1-2-3-11-16-12(18-17-11)13(19)15-8-9-20-10-4-6-14-7-5-10/h10,14H,2-9H2,1H3,(H,15,19)(H,16,17,18). The van der Waals surface area contributed by atoms with Crippen molar-refractivity contribution in [2.75, 3.05) is 26.2 Å². The summed E-state index contributed by atoms with van der Waals surface area (Å²) in [5.41, 5.74) is 0. The number of hydrogen-bond acceptors (Lipinski definition) is 5. The van der Waals surface area contributed by atoms with E-state index >= 15 is 0 Å². The second-order valence-corrected chi connectivity index (χ2v) is 4.93. The van der Waals surface area contributed by atoms with Gasteiger partial charge in [-0.3, -0.25) is 9.89 Å². The van der Waals surface area contributed by atoms with E-state index in [1.165, 1.54) is 0 Å². The Labute approximate surface area is 118 Å². The molecule has 20 heavy (non-hydrogen) atoms. The molecule has 0 aliphatic carbocycles. The second kappa shape index (κ2) is 7.96. The Morgan fingerprint density at radius 1 is 1.45 bits per heavy atom. The Balaban J connectivity index is 1.63. The van der Waals surface area contributed by atoms with E-state index in [0.29, 0.717) is 19.3 Å². The molecule has 0 unspecified atom stereocenters. The number of aromatic amines is 1. The quantitative estimate of drug-likeness (QED) is 0.623. The van der Waals surface area contributed by atoms with Gasteiger partial charge in [-0.2, -0.15) is 0 Å². The van der Waals surface area contributed by atoms with Crippen LogP contribution in [0, 0.1) is 0 Å². The van der Waals surface area contributed by atoms with Crippen molar-refractivity contribution in [2.45, 2.75) is 38.7 Å². The summed E-state index contributed by atoms with van der Waals surface area (Å²) >= 11 is 0. The van der Waals surface area contributed by atoms with Gasteiger partial charge >= 0.3 is 0 Å². The highest BCUT2D eigenvalue weighted by Gasteiger charge is 2.14. The first-order valence-corrected chi connectivity index (χ1v) is 7.31. The van der Waals surface area contributed by atoms with Gasteiger partial charge < -0.3 is 15.4 Å². The molecule has 112 valence electrons. The first-order valence-electron chi connectivity index (χ1n) is 7.31. The molecule has 3 N–H and O–H groups in total. The molecule has 2 rings (SSSR count). The van der Waals surface area contributed by atoms with Crippen LogP contribution in [0.2, 0.25) is 0 Å². The van der Waals surface area contributed by atoms with Crippen molar-refractivity contribution in [3.8, 4) is 0 Å². The lowest BCUT2D eigenvalue weighted by molar-refractivity contribution is 0.0342. The van der Waals surface area contributed by atoms with Gasteiger partial charge in [-0.15, -0.1) is 5.10 Å². The highest BCUT2D eigenvalue weighted by Crippen LogP contribution is 2.06. The molecule has 1 saturated heterocycles. The van der Waals surface area contributed by atoms with Gasteiger partial charge in [0, 0.05) is 13.0 Å². The van der Waals surface area contributed by atoms with E-state index in [-0.39, 0.29) is 11.7 Å². The molecule has 1 aromatic heterocycles. The van der Waals surface area contributed by atoms with E-state index in [0.717, 1.165) is 44.6 Å². The van der Waals surface area contributed by atoms with Gasteiger partial charge in [-0.1, -0.05) is 6.92 Å². The number of aryl methyl sites for hydroxylation is 1. The van der Waals surface area contributed by atoms with Crippen molar-refractivity contribution < 1.29 is 9.53 Å². The maximum Gasteiger partial charge on any atom is 0.291 e. The van der Waals surface area contributed by atoms with E-state index in [9.17, 15) is 4.79 Å². The number of nitrogens with one attached hydrogen (secondary N) is 3. The van der Waals surface area contributed by atoms with Gasteiger partial charge in [0.1, 0.15) is 5.82 Å². The zero-order valence-electron chi connectivity index (χ0n) is 11.9. The summed E-state index contributed by atoms with van der Waals surface area (Å²) in [6, 6.07) is 0. The number of carbonyl (C=O) groups excluding carboxylic acids is 1. The van der Waals surface area contributed by atoms with E-state index in [1.807, 2.05) is 0 Å². The summed E-state index contributed by atoms with van der Waals surface area (Å²) in [5, 5.41) is 12.7. The van der Waals surface area contributed by atoms with Crippen LogP contribution in [0.3, 0.4) is 0 Å². The minimum atomic E-state index is -0.252. The lowest BCUT2D eigenvalue weighted by Gasteiger charge is -2.22. The maximum absolute atomic E-state index is 11.8. The summed E-state index contributed by atoms with van der Waals surface area (Å²) in [6.45, 7) is 5.09. The number of nitrogens with zero attached hydrogens (tertiary/aromatic N) is 2. The molecule has 1 aliphatic rings. The molecule has 0 radical (unpaired) electrons. The number of H-pyrrole nitrogens is 1. The van der Waals surface area contributed by atoms with Crippen molar-refractivity contribution in [1.82, 2.24) is 25.8 Å². The minimum absolute atomic E-state index is 0.204. The van der Waals surface area contributed by atoms with Gasteiger partial charge in [0.2, 0.25) is 5.82 Å². The number of ether oxygens (including phenoxy) is 1. The third-order valence-corrected chi connectivity index (χ3v) is 3.25. The normalized spacial score (nSPS) is 16.2. The molecular weight excluding hydrogens is 258 g/mol. The lowest BCUT2D eigenvalue weighted by Crippen LogP contribution is -2.35. The molecule has 1 aromatic rings. The van der Waals surface area contributed by atoms with E-state index in [4.69, 9.17) is 4.74 Å². The van der Waals surface area contributed by atoms with Crippen molar-refractivity contribution in [1.29, 1.82) is 0 Å². The van der Waals surface area contributed by atoms with Crippen LogP contribution in [-0.4, -0.2) is 53.4 Å². The van der Waals surface area contributed by atoms with Crippen molar-refractivity contribution in [2.24, 2.45) is 0 Å². The van der Waals surface area contributed by atoms with Gasteiger partial charge in [-0.25, -0.2) is 4.98 Å². The first-order chi connectivity index (χ1) is 9.79. The highest BCUT2D eigenvalue weighted by atomic mass is 16.5. The number of hydrogen-bond donors (Lipinski definition) is 3. The third-order valence-electron chi connectivity index (χ3n) is 3.25. The third kappa shape index (κ3) is 4.57. The zero-order chi connectivity index (χ0) is 14.2. The Morgan fingerprint density at radius 2 is 2.25 bits per heavy atom. The fraction of sp³-hybridized carbons (Fsp3) is 0.769. The molecule has 0 spiro atoms. The number of amides is 1. The van der Waals surface area contributed by atoms with Crippen LogP contribution >= 0.6 is 0 Å². The molecule has 0 atom stereocenters. The van der Waals surface area contributed by atoms with Crippen LogP contribution in [0.4, 0.5) is 0 Å². The number of rotatable bonds is 7. The first kappa shape index (κ1) is 14.9. The monoisotopic (exact) mass is 281 g/mol. The zero-order valence-corrected chi connectivity index (χ0v) is 11.9. The summed E-state index contributed by atoms with van der Waals surface area (Å²) in [5.74, 6) is 0.705. The second-order valence-electron chi connectivity index (χ2n) is 4.93. The van der Waals surface area contributed by atoms with E-state index in [2.05, 4.69) is 32.7 Å². The SMILES string of the molecule is CCCc1nc(C(=O)NCCOC2CCNCC2)n[nH]1. The molecule has 1 aliphatic heterocycles. The molecular formula is C13H23N5O2. The number of aromatic nitrogens is 3. The van der Waals surface area contributed by atoms with Crippen LogP contribution in [0.25, 0.3) is 0 Å². The number of carbonyl (C=O) groups is 1. The lowest BCUT2D eigenvalue weighted by atomic mass is 10.1. The van der Waals surface area contributed by atoms with Crippen molar-refractivity contribution in [3.63, 3.8) is 0 Å². The molecule has 0 saturated carbocycles. The molecule has 7 nitrogen and oxygen atoms in total. The summed E-state index contributed by atoms with van der Waals surface area (Å²) in [6.07, 6.45) is 4.16. The summed E-state index contributed by atoms with van der Waals surface area (Å²) < 4.78 is 5.71. The molecule has 1 amide bonds. The largest absolute Gasteiger partial charge is 0.376 e. The highest BCUT2D eigenvalue weighted by molar-refractivity contribution is 5.90. The van der Waals surface area contributed by atoms with Gasteiger partial charge in [0.15, 0.2) is 0 Å². The topological polar surface area (TPSA) is 91.9 Å². The van der Waals surface area contributed by atoms with Gasteiger partial charge in [0.25, 0.3) is 5.91 Å². The van der Waals surface area contributed by atoms with Crippen LogP contribution in [0.5, 0.6) is 0 Å². The van der Waals surface area contributed by atoms with Crippen LogP contribution < -0.4 is 10.6 Å². The fourth-order valence-corrected chi connectivity index (χ4v) is 2.18. The van der Waals surface area contributed by atoms with Gasteiger partial charge in [0.05, 0.1) is 12.7 Å². The minimum Gasteiger partial charge on any atom is -0.376 e. The predicted octanol–water partition coefficient (Wildman–Crippen LogP) is 0.256. The molecule has 0 bridgehead atoms. The van der Waals surface area contributed by atoms with E-state index < -0.39 is 0 Å². The van der Waals surface area contributed by atoms with Crippen LogP contribution in [0.15, 0.2) is 0 Å². The molecule has 0 aromatic carbocycles. The van der Waals surface area contributed by atoms with E-state index in [1.54, 1.807) is 0 Å². The maximum atomic E-state index is 11.8. The van der Waals surface area contributed by atoms with Crippen molar-refractivity contribution in [3.05, 3.63) is 11.6 Å². The molecule has 7 heteroatoms. The molecule has 1 fully saturated rings. The smallest absolute Gasteiger partial charge is 0.291 e. The average Bonchev–Trinajstić information content (AvgIpc) is 2.94. The van der Waals surface area contributed by atoms with Gasteiger partial charge in [-0.05, 0) is 32.4 Å². The summed E-state index contributed by atoms with van der Waals surface area (Å²) in [4.78, 5) is 15.9. The summed E-state index contributed by atoms with van der Waals surface area (Å²) in [7, 11) is 0. The van der Waals surface area contributed by atoms with Crippen LogP contribution in [0.1, 0.15) is 42.6 Å². The Bertz CT molecular complexity index is 415.